The highest BCUT2D eigenvalue weighted by molar-refractivity contribution is 7.97. The fourth-order valence-electron chi connectivity index (χ4n) is 2.53. The molecule has 0 heterocycles. The van der Waals surface area contributed by atoms with E-state index in [2.05, 4.69) is 74.2 Å². The van der Waals surface area contributed by atoms with Crippen molar-refractivity contribution in [3.8, 4) is 5.75 Å². The monoisotopic (exact) mass is 331 g/mol. The van der Waals surface area contributed by atoms with Gasteiger partial charge in [-0.3, -0.25) is 0 Å². The third kappa shape index (κ3) is 5.89. The van der Waals surface area contributed by atoms with Crippen LogP contribution in [0.1, 0.15) is 11.1 Å². The highest BCUT2D eigenvalue weighted by atomic mass is 32.2. The molecule has 0 aromatic heterocycles. The van der Waals surface area contributed by atoms with E-state index in [0.717, 1.165) is 5.75 Å². The first-order valence-electron chi connectivity index (χ1n) is 7.77. The van der Waals surface area contributed by atoms with E-state index in [1.54, 1.807) is 7.11 Å². The molecule has 0 N–H and O–H groups in total. The molecule has 0 spiro atoms. The Bertz CT molecular complexity index is 560. The number of hydrogen-bond acceptors (Lipinski definition) is 1. The van der Waals surface area contributed by atoms with Crippen molar-refractivity contribution in [2.24, 2.45) is 0 Å². The number of rotatable bonds is 7. The minimum Gasteiger partial charge on any atom is -0.497 e. The zero-order valence-corrected chi connectivity index (χ0v) is 16.0. The minimum absolute atomic E-state index is 0.416. The van der Waals surface area contributed by atoms with Gasteiger partial charge in [-0.2, -0.15) is 0 Å². The molecule has 3 heteroatoms. The molecule has 2 aromatic carbocycles. The maximum Gasteiger partial charge on any atom is 0.133 e. The van der Waals surface area contributed by atoms with Crippen LogP contribution in [-0.2, 0) is 22.4 Å². The number of methoxy groups -OCH3 is 1. The van der Waals surface area contributed by atoms with Crippen LogP contribution in [0.4, 0.5) is 0 Å². The molecule has 0 amide bonds. The van der Waals surface area contributed by atoms with Crippen LogP contribution in [0.15, 0.2) is 54.6 Å². The van der Waals surface area contributed by atoms with Crippen molar-refractivity contribution in [3.05, 3.63) is 65.7 Å². The summed E-state index contributed by atoms with van der Waals surface area (Å²) in [5.74, 6) is 3.33. The average molecular weight is 332 g/mol. The maximum atomic E-state index is 5.26. The zero-order valence-electron chi connectivity index (χ0n) is 14.1. The van der Waals surface area contributed by atoms with E-state index in [1.807, 2.05) is 0 Å². The third-order valence-corrected chi connectivity index (χ3v) is 9.96. The van der Waals surface area contributed by atoms with Crippen LogP contribution in [0.3, 0.4) is 0 Å². The quantitative estimate of drug-likeness (QED) is 0.518. The molecule has 0 radical (unpaired) electrons. The van der Waals surface area contributed by atoms with Gasteiger partial charge in [0.25, 0.3) is 0 Å². The van der Waals surface area contributed by atoms with Crippen molar-refractivity contribution in [2.45, 2.75) is 31.1 Å². The van der Waals surface area contributed by atoms with Crippen LogP contribution in [0.2, 0.25) is 19.6 Å². The van der Waals surface area contributed by atoms with Crippen molar-refractivity contribution in [1.82, 2.24) is 0 Å². The molecule has 2 rings (SSSR count). The SMILES string of the molecule is COc1ccc(C[S+](Cc2ccccc2)C[Si](C)(C)C)cc1. The largest absolute Gasteiger partial charge is 0.497 e. The van der Waals surface area contributed by atoms with E-state index in [-0.39, 0.29) is 0 Å². The summed E-state index contributed by atoms with van der Waals surface area (Å²) in [6.45, 7) is 7.43. The molecule has 0 bridgehead atoms. The summed E-state index contributed by atoms with van der Waals surface area (Å²) in [4.78, 5) is 0. The van der Waals surface area contributed by atoms with Gasteiger partial charge in [-0.15, -0.1) is 0 Å². The van der Waals surface area contributed by atoms with Crippen LogP contribution in [0, 0.1) is 0 Å². The molecular formula is C19H27OSSi+. The Kier molecular flexibility index (Phi) is 6.15. The lowest BCUT2D eigenvalue weighted by atomic mass is 10.2. The van der Waals surface area contributed by atoms with E-state index in [4.69, 9.17) is 4.74 Å². The average Bonchev–Trinajstić information content (AvgIpc) is 2.47. The van der Waals surface area contributed by atoms with Crippen LogP contribution >= 0.6 is 0 Å². The zero-order chi connectivity index (χ0) is 16.0. The van der Waals surface area contributed by atoms with E-state index in [0.29, 0.717) is 10.9 Å². The molecule has 0 aliphatic heterocycles. The number of benzene rings is 2. The van der Waals surface area contributed by atoms with Crippen LogP contribution < -0.4 is 4.74 Å². The van der Waals surface area contributed by atoms with E-state index < -0.39 is 8.07 Å². The second kappa shape index (κ2) is 7.89. The highest BCUT2D eigenvalue weighted by Crippen LogP contribution is 2.20. The van der Waals surface area contributed by atoms with Gasteiger partial charge < -0.3 is 4.74 Å². The van der Waals surface area contributed by atoms with Gasteiger partial charge in [-0.05, 0) is 23.0 Å². The fraction of sp³-hybridized carbons (Fsp3) is 0.368. The smallest absolute Gasteiger partial charge is 0.133 e. The van der Waals surface area contributed by atoms with Crippen LogP contribution in [-0.4, -0.2) is 20.6 Å². The predicted molar refractivity (Wildman–Crippen MR) is 102 cm³/mol. The molecule has 2 aromatic rings. The van der Waals surface area contributed by atoms with Crippen molar-refractivity contribution < 1.29 is 4.74 Å². The summed E-state index contributed by atoms with van der Waals surface area (Å²) in [7, 11) is 1.08. The van der Waals surface area contributed by atoms with Gasteiger partial charge >= 0.3 is 0 Å². The Balaban J connectivity index is 2.09. The van der Waals surface area contributed by atoms with Gasteiger partial charge in [0.15, 0.2) is 0 Å². The summed E-state index contributed by atoms with van der Waals surface area (Å²) in [6.07, 6.45) is 0. The van der Waals surface area contributed by atoms with E-state index in [9.17, 15) is 0 Å². The Morgan fingerprint density at radius 2 is 1.36 bits per heavy atom. The first-order chi connectivity index (χ1) is 10.5. The first kappa shape index (κ1) is 17.2. The maximum absolute atomic E-state index is 5.26. The fourth-order valence-corrected chi connectivity index (χ4v) is 9.68. The molecule has 0 saturated heterocycles. The second-order valence-corrected chi connectivity index (χ2v) is 15.0. The molecular weight excluding hydrogens is 304 g/mol. The summed E-state index contributed by atoms with van der Waals surface area (Å²) in [6, 6.07) is 19.5. The van der Waals surface area contributed by atoms with Crippen molar-refractivity contribution in [1.29, 1.82) is 0 Å². The Hall–Kier alpha value is -1.19. The molecule has 1 nitrogen and oxygen atoms in total. The van der Waals surface area contributed by atoms with E-state index in [1.165, 1.54) is 28.0 Å². The van der Waals surface area contributed by atoms with Gasteiger partial charge in [0.2, 0.25) is 0 Å². The van der Waals surface area contributed by atoms with Gasteiger partial charge in [0, 0.05) is 11.1 Å². The molecule has 118 valence electrons. The van der Waals surface area contributed by atoms with Crippen LogP contribution in [0.5, 0.6) is 5.75 Å². The van der Waals surface area contributed by atoms with Gasteiger partial charge in [0.05, 0.1) is 12.5 Å². The number of hydrogen-bond donors (Lipinski definition) is 0. The van der Waals surface area contributed by atoms with E-state index >= 15 is 0 Å². The Morgan fingerprint density at radius 3 is 1.86 bits per heavy atom. The van der Waals surface area contributed by atoms with Gasteiger partial charge in [0.1, 0.15) is 25.3 Å². The summed E-state index contributed by atoms with van der Waals surface area (Å²) in [5, 5.41) is 1.40. The number of ether oxygens (including phenoxy) is 1. The highest BCUT2D eigenvalue weighted by Gasteiger charge is 2.28. The molecule has 1 atom stereocenters. The minimum atomic E-state index is -1.06. The lowest BCUT2D eigenvalue weighted by Gasteiger charge is -2.18. The van der Waals surface area contributed by atoms with Crippen molar-refractivity contribution in [3.63, 3.8) is 0 Å². The topological polar surface area (TPSA) is 9.23 Å². The normalized spacial score (nSPS) is 12.9. The second-order valence-electron chi connectivity index (χ2n) is 6.94. The Labute approximate surface area is 139 Å². The Morgan fingerprint density at radius 1 is 0.818 bits per heavy atom. The first-order valence-corrected chi connectivity index (χ1v) is 13.2. The molecule has 0 fully saturated rings. The van der Waals surface area contributed by atoms with Crippen molar-refractivity contribution >= 4 is 19.0 Å². The van der Waals surface area contributed by atoms with Gasteiger partial charge in [-0.1, -0.05) is 62.1 Å². The molecule has 1 unspecified atom stereocenters. The predicted octanol–water partition coefficient (Wildman–Crippen LogP) is 4.89. The van der Waals surface area contributed by atoms with Crippen LogP contribution in [0.25, 0.3) is 0 Å². The molecule has 0 saturated carbocycles. The standard InChI is InChI=1S/C19H27OSSi/c1-20-19-12-10-18(11-13-19)15-21(16-22(2,3)4)14-17-8-6-5-7-9-17/h5-13H,14-16H2,1-4H3/q+1. The summed E-state index contributed by atoms with van der Waals surface area (Å²) in [5.41, 5.74) is 2.90. The summed E-state index contributed by atoms with van der Waals surface area (Å²) < 4.78 is 5.26. The summed E-state index contributed by atoms with van der Waals surface area (Å²) >= 11 is 0. The third-order valence-electron chi connectivity index (χ3n) is 3.38. The molecule has 0 aliphatic carbocycles. The lowest BCUT2D eigenvalue weighted by molar-refractivity contribution is 0.414. The van der Waals surface area contributed by atoms with Crippen molar-refractivity contribution in [2.75, 3.05) is 12.5 Å². The lowest BCUT2D eigenvalue weighted by Crippen LogP contribution is -2.33. The molecule has 0 aliphatic rings. The van der Waals surface area contributed by atoms with Gasteiger partial charge in [-0.25, -0.2) is 0 Å². The molecule has 22 heavy (non-hydrogen) atoms.